The molecule has 1 aromatic carbocycles. The van der Waals surface area contributed by atoms with E-state index < -0.39 is 4.92 Å². The second-order valence-electron chi connectivity index (χ2n) is 3.95. The van der Waals surface area contributed by atoms with E-state index in [1.54, 1.807) is 12.1 Å². The van der Waals surface area contributed by atoms with Gasteiger partial charge in [0.05, 0.1) is 18.1 Å². The molecule has 16 heavy (non-hydrogen) atoms. The van der Waals surface area contributed by atoms with Crippen molar-refractivity contribution in [2.75, 3.05) is 12.4 Å². The summed E-state index contributed by atoms with van der Waals surface area (Å²) < 4.78 is 5.03. The van der Waals surface area contributed by atoms with Crippen molar-refractivity contribution in [1.82, 2.24) is 0 Å². The maximum Gasteiger partial charge on any atom is 0.275 e. The summed E-state index contributed by atoms with van der Waals surface area (Å²) in [7, 11) is 1.51. The lowest BCUT2D eigenvalue weighted by Crippen LogP contribution is -2.26. The molecule has 1 fully saturated rings. The molecule has 5 heteroatoms. The Bertz CT molecular complexity index is 402. The van der Waals surface area contributed by atoms with Gasteiger partial charge < -0.3 is 10.1 Å². The molecule has 0 aliphatic heterocycles. The first-order valence-corrected chi connectivity index (χ1v) is 5.29. The summed E-state index contributed by atoms with van der Waals surface area (Å²) >= 11 is 0. The SMILES string of the molecule is COc1cc(NC2CCC2)cc([N+](=O)[O-])c1. The van der Waals surface area contributed by atoms with E-state index in [1.807, 2.05) is 0 Å². The number of non-ortho nitro benzene ring substituents is 1. The normalized spacial score (nSPS) is 15.3. The Hall–Kier alpha value is -1.78. The maximum absolute atomic E-state index is 10.7. The summed E-state index contributed by atoms with van der Waals surface area (Å²) in [5.41, 5.74) is 0.817. The number of rotatable bonds is 4. The van der Waals surface area contributed by atoms with Crippen LogP contribution in [-0.4, -0.2) is 18.1 Å². The van der Waals surface area contributed by atoms with E-state index in [-0.39, 0.29) is 5.69 Å². The van der Waals surface area contributed by atoms with Crippen LogP contribution in [0.1, 0.15) is 19.3 Å². The Balaban J connectivity index is 2.21. The molecule has 0 radical (unpaired) electrons. The third-order valence-corrected chi connectivity index (χ3v) is 2.81. The van der Waals surface area contributed by atoms with Crippen molar-refractivity contribution < 1.29 is 9.66 Å². The molecular weight excluding hydrogens is 208 g/mol. The minimum atomic E-state index is -0.408. The van der Waals surface area contributed by atoms with Crippen LogP contribution in [-0.2, 0) is 0 Å². The van der Waals surface area contributed by atoms with Gasteiger partial charge in [-0.1, -0.05) is 0 Å². The van der Waals surface area contributed by atoms with E-state index in [2.05, 4.69) is 5.32 Å². The molecule has 0 saturated heterocycles. The molecular formula is C11H14N2O3. The number of benzene rings is 1. The first-order chi connectivity index (χ1) is 7.69. The third-order valence-electron chi connectivity index (χ3n) is 2.81. The summed E-state index contributed by atoms with van der Waals surface area (Å²) in [6, 6.07) is 5.20. The molecule has 5 nitrogen and oxygen atoms in total. The lowest BCUT2D eigenvalue weighted by atomic mass is 9.93. The Morgan fingerprint density at radius 3 is 2.69 bits per heavy atom. The predicted molar refractivity (Wildman–Crippen MR) is 60.9 cm³/mol. The fraction of sp³-hybridized carbons (Fsp3) is 0.455. The van der Waals surface area contributed by atoms with Crippen molar-refractivity contribution in [3.05, 3.63) is 28.3 Å². The van der Waals surface area contributed by atoms with Gasteiger partial charge in [0.25, 0.3) is 5.69 Å². The highest BCUT2D eigenvalue weighted by Gasteiger charge is 2.18. The van der Waals surface area contributed by atoms with Crippen LogP contribution in [0, 0.1) is 10.1 Å². The van der Waals surface area contributed by atoms with Gasteiger partial charge in [-0.3, -0.25) is 10.1 Å². The zero-order valence-corrected chi connectivity index (χ0v) is 9.10. The smallest absolute Gasteiger partial charge is 0.275 e. The number of ether oxygens (including phenoxy) is 1. The van der Waals surface area contributed by atoms with E-state index in [0.717, 1.165) is 18.5 Å². The van der Waals surface area contributed by atoms with Gasteiger partial charge in [-0.05, 0) is 19.3 Å². The van der Waals surface area contributed by atoms with Crippen molar-refractivity contribution in [2.24, 2.45) is 0 Å². The Morgan fingerprint density at radius 1 is 1.44 bits per heavy atom. The molecule has 0 heterocycles. The highest BCUT2D eigenvalue weighted by molar-refractivity contribution is 5.57. The summed E-state index contributed by atoms with van der Waals surface area (Å²) in [6.45, 7) is 0. The van der Waals surface area contributed by atoms with Gasteiger partial charge >= 0.3 is 0 Å². The maximum atomic E-state index is 10.7. The molecule has 0 atom stereocenters. The first kappa shape index (κ1) is 10.7. The van der Waals surface area contributed by atoms with Gasteiger partial charge in [-0.25, -0.2) is 0 Å². The molecule has 0 unspecified atom stereocenters. The number of nitrogens with zero attached hydrogens (tertiary/aromatic N) is 1. The zero-order valence-electron chi connectivity index (χ0n) is 9.10. The first-order valence-electron chi connectivity index (χ1n) is 5.29. The average Bonchev–Trinajstić information content (AvgIpc) is 2.23. The topological polar surface area (TPSA) is 64.4 Å². The van der Waals surface area contributed by atoms with Gasteiger partial charge in [-0.2, -0.15) is 0 Å². The van der Waals surface area contributed by atoms with Crippen molar-refractivity contribution in [2.45, 2.75) is 25.3 Å². The lowest BCUT2D eigenvalue weighted by Gasteiger charge is -2.27. The standard InChI is InChI=1S/C11H14N2O3/c1-16-11-6-9(12-8-3-2-4-8)5-10(7-11)13(14)15/h5-8,12H,2-4H2,1H3. The molecule has 1 aromatic rings. The van der Waals surface area contributed by atoms with Crippen LogP contribution in [0.3, 0.4) is 0 Å². The van der Waals surface area contributed by atoms with Crippen molar-refractivity contribution >= 4 is 11.4 Å². The fourth-order valence-corrected chi connectivity index (χ4v) is 1.68. The van der Waals surface area contributed by atoms with Gasteiger partial charge in [0.15, 0.2) is 0 Å². The summed E-state index contributed by atoms with van der Waals surface area (Å²) in [6.07, 6.45) is 3.49. The number of nitrogens with one attached hydrogen (secondary N) is 1. The number of anilines is 1. The van der Waals surface area contributed by atoms with E-state index >= 15 is 0 Å². The van der Waals surface area contributed by atoms with Gasteiger partial charge in [-0.15, -0.1) is 0 Å². The second kappa shape index (κ2) is 4.38. The van der Waals surface area contributed by atoms with Crippen LogP contribution in [0.2, 0.25) is 0 Å². The molecule has 1 aliphatic carbocycles. The minimum Gasteiger partial charge on any atom is -0.496 e. The molecule has 2 rings (SSSR count). The molecule has 1 saturated carbocycles. The van der Waals surface area contributed by atoms with Crippen molar-refractivity contribution in [3.8, 4) is 5.75 Å². The number of hydrogen-bond acceptors (Lipinski definition) is 4. The molecule has 86 valence electrons. The highest BCUT2D eigenvalue weighted by atomic mass is 16.6. The van der Waals surface area contributed by atoms with Crippen LogP contribution in [0.5, 0.6) is 5.75 Å². The fourth-order valence-electron chi connectivity index (χ4n) is 1.68. The van der Waals surface area contributed by atoms with Crippen LogP contribution in [0.15, 0.2) is 18.2 Å². The predicted octanol–water partition coefficient (Wildman–Crippen LogP) is 2.57. The summed E-state index contributed by atoms with van der Waals surface area (Å²) in [5.74, 6) is 0.510. The van der Waals surface area contributed by atoms with E-state index in [1.165, 1.54) is 19.6 Å². The monoisotopic (exact) mass is 222 g/mol. The minimum absolute atomic E-state index is 0.0566. The van der Waals surface area contributed by atoms with Gasteiger partial charge in [0.1, 0.15) is 5.75 Å². The second-order valence-corrected chi connectivity index (χ2v) is 3.95. The number of hydrogen-bond donors (Lipinski definition) is 1. The van der Waals surface area contributed by atoms with Crippen LogP contribution in [0.25, 0.3) is 0 Å². The summed E-state index contributed by atoms with van der Waals surface area (Å²) in [4.78, 5) is 10.3. The van der Waals surface area contributed by atoms with Crippen molar-refractivity contribution in [3.63, 3.8) is 0 Å². The van der Waals surface area contributed by atoms with Crippen LogP contribution in [0.4, 0.5) is 11.4 Å². The molecule has 0 amide bonds. The highest BCUT2D eigenvalue weighted by Crippen LogP contribution is 2.29. The lowest BCUT2D eigenvalue weighted by molar-refractivity contribution is -0.384. The van der Waals surface area contributed by atoms with E-state index in [0.29, 0.717) is 11.8 Å². The van der Waals surface area contributed by atoms with Gasteiger partial charge in [0, 0.05) is 23.9 Å². The largest absolute Gasteiger partial charge is 0.496 e. The molecule has 0 spiro atoms. The number of methoxy groups -OCH3 is 1. The quantitative estimate of drug-likeness (QED) is 0.628. The number of nitro groups is 1. The van der Waals surface area contributed by atoms with Crippen molar-refractivity contribution in [1.29, 1.82) is 0 Å². The third kappa shape index (κ3) is 2.24. The van der Waals surface area contributed by atoms with Crippen LogP contribution >= 0.6 is 0 Å². The van der Waals surface area contributed by atoms with E-state index in [4.69, 9.17) is 4.74 Å². The number of nitro benzene ring substituents is 1. The van der Waals surface area contributed by atoms with Gasteiger partial charge in [0.2, 0.25) is 0 Å². The van der Waals surface area contributed by atoms with E-state index in [9.17, 15) is 10.1 Å². The Kier molecular flexibility index (Phi) is 2.94. The molecule has 0 bridgehead atoms. The average molecular weight is 222 g/mol. The molecule has 1 aliphatic rings. The Morgan fingerprint density at radius 2 is 2.19 bits per heavy atom. The Labute approximate surface area is 93.6 Å². The molecule has 1 N–H and O–H groups in total. The zero-order chi connectivity index (χ0) is 11.5. The summed E-state index contributed by atoms with van der Waals surface area (Å²) in [5, 5.41) is 14.0. The molecule has 0 aromatic heterocycles. The van der Waals surface area contributed by atoms with Crippen LogP contribution < -0.4 is 10.1 Å².